The van der Waals surface area contributed by atoms with Gasteiger partial charge in [0.25, 0.3) is 5.91 Å². The first-order chi connectivity index (χ1) is 14.3. The van der Waals surface area contributed by atoms with Gasteiger partial charge >= 0.3 is 6.18 Å². The van der Waals surface area contributed by atoms with Crippen molar-refractivity contribution in [2.75, 3.05) is 0 Å². The molecule has 0 bridgehead atoms. The highest BCUT2D eigenvalue weighted by atomic mass is 19.4. The van der Waals surface area contributed by atoms with Gasteiger partial charge in [0.15, 0.2) is 6.10 Å². The summed E-state index contributed by atoms with van der Waals surface area (Å²) >= 11 is 0. The number of hydrogen-bond acceptors (Lipinski definition) is 4. The second-order valence-electron chi connectivity index (χ2n) is 8.49. The molecule has 0 radical (unpaired) electrons. The number of halogens is 3. The predicted octanol–water partition coefficient (Wildman–Crippen LogP) is 5.46. The summed E-state index contributed by atoms with van der Waals surface area (Å²) < 4.78 is 43.6. The van der Waals surface area contributed by atoms with E-state index in [1.165, 1.54) is 6.20 Å². The third kappa shape index (κ3) is 5.31. The monoisotopic (exact) mass is 431 g/mol. The lowest BCUT2D eigenvalue weighted by Gasteiger charge is -2.21. The van der Waals surface area contributed by atoms with Crippen molar-refractivity contribution in [2.24, 2.45) is 0 Å². The number of rotatable bonds is 4. The Morgan fingerprint density at radius 3 is 2.45 bits per heavy atom. The van der Waals surface area contributed by atoms with Crippen LogP contribution in [-0.2, 0) is 0 Å². The lowest BCUT2D eigenvalue weighted by molar-refractivity contribution is -0.189. The molecule has 1 heterocycles. The van der Waals surface area contributed by atoms with E-state index in [1.807, 2.05) is 33.8 Å². The number of nitrogens with zero attached hydrogens (tertiary/aromatic N) is 2. The molecule has 3 aromatic rings. The van der Waals surface area contributed by atoms with Gasteiger partial charge in [-0.3, -0.25) is 4.79 Å². The fraction of sp³-hybridized carbons (Fsp3) is 0.348. The predicted molar refractivity (Wildman–Crippen MR) is 113 cm³/mol. The zero-order valence-electron chi connectivity index (χ0n) is 18.0. The summed E-state index contributed by atoms with van der Waals surface area (Å²) in [6.45, 7) is 8.57. The zero-order valence-corrected chi connectivity index (χ0v) is 18.0. The number of alkyl halides is 3. The Hall–Kier alpha value is -3.16. The van der Waals surface area contributed by atoms with Crippen LogP contribution >= 0.6 is 0 Å². The Kier molecular flexibility index (Phi) is 5.93. The van der Waals surface area contributed by atoms with Crippen LogP contribution in [0, 0.1) is 6.92 Å². The first kappa shape index (κ1) is 22.5. The number of carbonyl (C=O) groups excluding carboxylic acids is 1. The molecule has 3 rings (SSSR count). The van der Waals surface area contributed by atoms with Gasteiger partial charge in [-0.15, -0.1) is 5.10 Å². The largest absolute Gasteiger partial charge is 0.463 e. The van der Waals surface area contributed by atoms with Gasteiger partial charge in [0.1, 0.15) is 0 Å². The average molecular weight is 431 g/mol. The van der Waals surface area contributed by atoms with Crippen molar-refractivity contribution in [2.45, 2.75) is 52.4 Å². The average Bonchev–Trinajstić information content (AvgIpc) is 2.66. The molecule has 0 aliphatic carbocycles. The maximum Gasteiger partial charge on any atom is 0.425 e. The molecule has 8 heteroatoms. The van der Waals surface area contributed by atoms with Crippen LogP contribution in [0.3, 0.4) is 0 Å². The number of nitrogens with one attached hydrogen (secondary N) is 1. The van der Waals surface area contributed by atoms with Crippen LogP contribution < -0.4 is 10.1 Å². The van der Waals surface area contributed by atoms with Gasteiger partial charge in [0.2, 0.25) is 5.88 Å². The first-order valence-electron chi connectivity index (χ1n) is 9.77. The topological polar surface area (TPSA) is 64.1 Å². The molecule has 0 unspecified atom stereocenters. The van der Waals surface area contributed by atoms with E-state index in [0.29, 0.717) is 16.3 Å². The molecule has 1 aromatic heterocycles. The summed E-state index contributed by atoms with van der Waals surface area (Å²) in [5, 5.41) is 11.5. The number of hydrogen-bond donors (Lipinski definition) is 1. The number of fused-ring (bicyclic) bond motifs is 1. The molecule has 5 nitrogen and oxygen atoms in total. The maximum absolute atomic E-state index is 12.9. The summed E-state index contributed by atoms with van der Waals surface area (Å²) in [6, 6.07) is 10.6. The van der Waals surface area contributed by atoms with Crippen molar-refractivity contribution in [3.8, 4) is 17.0 Å². The molecule has 0 saturated heterocycles. The Morgan fingerprint density at radius 2 is 1.81 bits per heavy atom. The number of benzene rings is 2. The van der Waals surface area contributed by atoms with Gasteiger partial charge in [-0.2, -0.15) is 18.3 Å². The highest BCUT2D eigenvalue weighted by molar-refractivity contribution is 5.97. The number of aromatic nitrogens is 2. The number of amides is 1. The third-order valence-corrected chi connectivity index (χ3v) is 4.68. The molecule has 0 aliphatic heterocycles. The van der Waals surface area contributed by atoms with E-state index in [9.17, 15) is 18.0 Å². The van der Waals surface area contributed by atoms with Crippen molar-refractivity contribution in [1.82, 2.24) is 15.5 Å². The molecule has 0 saturated carbocycles. The standard InChI is InChI=1S/C23H24F3N3O2/c1-13-6-7-16(20(30)28-22(3,4)5)11-19(13)15-8-9-18-17(10-15)12-27-29-21(18)31-14(2)23(24,25)26/h6-12,14H,1-5H3,(H,28,30)/t14-/m0/s1. The van der Waals surface area contributed by atoms with Crippen molar-refractivity contribution < 1.29 is 22.7 Å². The van der Waals surface area contributed by atoms with E-state index in [0.717, 1.165) is 23.6 Å². The lowest BCUT2D eigenvalue weighted by Crippen LogP contribution is -2.40. The van der Waals surface area contributed by atoms with Crippen LogP contribution in [-0.4, -0.2) is 33.9 Å². The van der Waals surface area contributed by atoms with Crippen LogP contribution in [0.2, 0.25) is 0 Å². The minimum atomic E-state index is -4.50. The van der Waals surface area contributed by atoms with Crippen LogP contribution in [0.1, 0.15) is 43.6 Å². The minimum absolute atomic E-state index is 0.177. The van der Waals surface area contributed by atoms with Crippen LogP contribution in [0.15, 0.2) is 42.6 Å². The van der Waals surface area contributed by atoms with Crippen molar-refractivity contribution in [1.29, 1.82) is 0 Å². The Morgan fingerprint density at radius 1 is 1.10 bits per heavy atom. The third-order valence-electron chi connectivity index (χ3n) is 4.68. The van der Waals surface area contributed by atoms with Gasteiger partial charge in [-0.05, 0) is 75.6 Å². The number of aryl methyl sites for hydroxylation is 1. The van der Waals surface area contributed by atoms with E-state index in [4.69, 9.17) is 4.74 Å². The molecule has 164 valence electrons. The highest BCUT2D eigenvalue weighted by Gasteiger charge is 2.38. The Bertz CT molecular complexity index is 1120. The minimum Gasteiger partial charge on any atom is -0.463 e. The molecule has 0 fully saturated rings. The molecule has 1 N–H and O–H groups in total. The van der Waals surface area contributed by atoms with Gasteiger partial charge in [-0.25, -0.2) is 0 Å². The summed E-state index contributed by atoms with van der Waals surface area (Å²) in [6.07, 6.45) is -5.04. The molecule has 0 aliphatic rings. The van der Waals surface area contributed by atoms with Crippen molar-refractivity contribution in [3.05, 3.63) is 53.7 Å². The van der Waals surface area contributed by atoms with Crippen LogP contribution in [0.5, 0.6) is 5.88 Å². The zero-order chi connectivity index (χ0) is 23.0. The Balaban J connectivity index is 1.99. The van der Waals surface area contributed by atoms with Gasteiger partial charge in [0, 0.05) is 21.9 Å². The SMILES string of the molecule is Cc1ccc(C(=O)NC(C)(C)C)cc1-c1ccc2c(O[C@@H](C)C(F)(F)F)nncc2c1. The lowest BCUT2D eigenvalue weighted by atomic mass is 9.96. The van der Waals surface area contributed by atoms with Gasteiger partial charge in [0.05, 0.1) is 6.20 Å². The van der Waals surface area contributed by atoms with E-state index in [1.54, 1.807) is 30.3 Å². The molecule has 1 amide bonds. The smallest absolute Gasteiger partial charge is 0.425 e. The summed E-state index contributed by atoms with van der Waals surface area (Å²) in [4.78, 5) is 12.6. The van der Waals surface area contributed by atoms with E-state index in [2.05, 4.69) is 15.5 Å². The quantitative estimate of drug-likeness (QED) is 0.596. The second kappa shape index (κ2) is 8.17. The highest BCUT2D eigenvalue weighted by Crippen LogP contribution is 2.32. The van der Waals surface area contributed by atoms with E-state index < -0.39 is 12.3 Å². The van der Waals surface area contributed by atoms with Crippen LogP contribution in [0.4, 0.5) is 13.2 Å². The van der Waals surface area contributed by atoms with Crippen LogP contribution in [0.25, 0.3) is 21.9 Å². The molecular weight excluding hydrogens is 407 g/mol. The fourth-order valence-corrected chi connectivity index (χ4v) is 3.04. The fourth-order valence-electron chi connectivity index (χ4n) is 3.04. The maximum atomic E-state index is 12.9. The van der Waals surface area contributed by atoms with E-state index >= 15 is 0 Å². The normalized spacial score (nSPS) is 13.2. The van der Waals surface area contributed by atoms with Crippen molar-refractivity contribution >= 4 is 16.7 Å². The Labute approximate surface area is 178 Å². The van der Waals surface area contributed by atoms with Gasteiger partial charge < -0.3 is 10.1 Å². The van der Waals surface area contributed by atoms with Gasteiger partial charge in [-0.1, -0.05) is 12.1 Å². The molecular formula is C23H24F3N3O2. The number of carbonyl (C=O) groups is 1. The van der Waals surface area contributed by atoms with E-state index in [-0.39, 0.29) is 17.3 Å². The molecule has 31 heavy (non-hydrogen) atoms. The summed E-state index contributed by atoms with van der Waals surface area (Å²) in [5.41, 5.74) is 2.75. The second-order valence-corrected chi connectivity index (χ2v) is 8.49. The summed E-state index contributed by atoms with van der Waals surface area (Å²) in [7, 11) is 0. The molecule has 2 aromatic carbocycles. The first-order valence-corrected chi connectivity index (χ1v) is 9.77. The molecule has 0 spiro atoms. The summed E-state index contributed by atoms with van der Waals surface area (Å²) in [5.74, 6) is -0.360. The molecule has 1 atom stereocenters. The van der Waals surface area contributed by atoms with Crippen molar-refractivity contribution in [3.63, 3.8) is 0 Å². The number of ether oxygens (including phenoxy) is 1.